The van der Waals surface area contributed by atoms with Crippen molar-refractivity contribution in [2.45, 2.75) is 26.4 Å². The van der Waals surface area contributed by atoms with E-state index in [0.29, 0.717) is 13.2 Å². The van der Waals surface area contributed by atoms with Gasteiger partial charge in [0, 0.05) is 37.0 Å². The molecule has 0 unspecified atom stereocenters. The van der Waals surface area contributed by atoms with Crippen molar-refractivity contribution in [2.75, 3.05) is 20.8 Å². The fraction of sp³-hybridized carbons (Fsp3) is 0.333. The molecule has 2 heterocycles. The summed E-state index contributed by atoms with van der Waals surface area (Å²) >= 11 is 0. The predicted octanol–water partition coefficient (Wildman–Crippen LogP) is 3.36. The van der Waals surface area contributed by atoms with E-state index in [4.69, 9.17) is 4.74 Å². The molecule has 2 aromatic heterocycles. The molecular weight excluding hydrogens is 326 g/mol. The quantitative estimate of drug-likeness (QED) is 0.740. The molecule has 0 radical (unpaired) electrons. The van der Waals surface area contributed by atoms with E-state index in [1.807, 2.05) is 45.2 Å². The smallest absolute Gasteiger partial charge is 0.189 e. The summed E-state index contributed by atoms with van der Waals surface area (Å²) < 4.78 is 5.39. The van der Waals surface area contributed by atoms with Crippen LogP contribution in [0.1, 0.15) is 28.6 Å². The Hall–Kier alpha value is -2.50. The third-order valence-corrected chi connectivity index (χ3v) is 4.64. The molecule has 0 aliphatic carbocycles. The summed E-state index contributed by atoms with van der Waals surface area (Å²) in [5.74, 6) is 0. The lowest BCUT2D eigenvalue weighted by atomic mass is 10.1. The number of aryl methyl sites for hydroxylation is 2. The Balaban J connectivity index is 1.93. The Kier molecular flexibility index (Phi) is 5.49. The van der Waals surface area contributed by atoms with Gasteiger partial charge in [0.1, 0.15) is 0 Å². The maximum absolute atomic E-state index is 12.6. The van der Waals surface area contributed by atoms with Gasteiger partial charge >= 0.3 is 0 Å². The second kappa shape index (κ2) is 7.81. The second-order valence-electron chi connectivity index (χ2n) is 6.80. The Morgan fingerprint density at radius 3 is 2.73 bits per heavy atom. The summed E-state index contributed by atoms with van der Waals surface area (Å²) in [6.07, 6.45) is 1.79. The summed E-state index contributed by atoms with van der Waals surface area (Å²) in [6.45, 7) is 5.17. The van der Waals surface area contributed by atoms with Crippen LogP contribution in [0.25, 0.3) is 10.9 Å². The lowest BCUT2D eigenvalue weighted by molar-refractivity contribution is 0.0993. The van der Waals surface area contributed by atoms with Gasteiger partial charge in [-0.15, -0.1) is 0 Å². The molecule has 5 heteroatoms. The van der Waals surface area contributed by atoms with Gasteiger partial charge < -0.3 is 9.72 Å². The molecule has 0 bridgehead atoms. The molecule has 26 heavy (non-hydrogen) atoms. The van der Waals surface area contributed by atoms with Crippen molar-refractivity contribution < 1.29 is 4.74 Å². The second-order valence-corrected chi connectivity index (χ2v) is 6.80. The van der Waals surface area contributed by atoms with E-state index in [9.17, 15) is 4.79 Å². The number of H-pyrrole nitrogens is 1. The number of ether oxygens (including phenoxy) is 1. The molecule has 0 aliphatic heterocycles. The van der Waals surface area contributed by atoms with E-state index in [-0.39, 0.29) is 11.5 Å². The molecule has 136 valence electrons. The van der Waals surface area contributed by atoms with Gasteiger partial charge in [-0.05, 0) is 50.2 Å². The standard InChI is InChI=1S/C21H25N3O2/c1-14-9-15(2)21-17(10-14)20(25)11-16(23-21)12-24(3)19(13-26-4)18-7-5-6-8-22-18/h5-11,19H,12-13H2,1-4H3,(H,23,25)/t19-/m1/s1. The van der Waals surface area contributed by atoms with Crippen molar-refractivity contribution in [1.29, 1.82) is 0 Å². The van der Waals surface area contributed by atoms with Crippen LogP contribution >= 0.6 is 0 Å². The van der Waals surface area contributed by atoms with Gasteiger partial charge in [0.15, 0.2) is 5.43 Å². The highest BCUT2D eigenvalue weighted by molar-refractivity contribution is 5.82. The average Bonchev–Trinajstić information content (AvgIpc) is 2.61. The van der Waals surface area contributed by atoms with Gasteiger partial charge in [0.25, 0.3) is 0 Å². The molecule has 0 spiro atoms. The molecule has 0 saturated carbocycles. The Morgan fingerprint density at radius 2 is 2.04 bits per heavy atom. The number of benzene rings is 1. The monoisotopic (exact) mass is 351 g/mol. The van der Waals surface area contributed by atoms with Crippen molar-refractivity contribution in [1.82, 2.24) is 14.9 Å². The lowest BCUT2D eigenvalue weighted by Gasteiger charge is -2.27. The van der Waals surface area contributed by atoms with Crippen LogP contribution in [0.4, 0.5) is 0 Å². The Labute approximate surface area is 153 Å². The van der Waals surface area contributed by atoms with Gasteiger partial charge in [-0.3, -0.25) is 14.7 Å². The van der Waals surface area contributed by atoms with E-state index < -0.39 is 0 Å². The molecule has 3 rings (SSSR count). The number of aromatic amines is 1. The average molecular weight is 351 g/mol. The summed E-state index contributed by atoms with van der Waals surface area (Å²) in [4.78, 5) is 22.6. The Morgan fingerprint density at radius 1 is 1.23 bits per heavy atom. The lowest BCUT2D eigenvalue weighted by Crippen LogP contribution is -2.29. The predicted molar refractivity (Wildman–Crippen MR) is 104 cm³/mol. The topological polar surface area (TPSA) is 58.2 Å². The van der Waals surface area contributed by atoms with E-state index in [1.54, 1.807) is 19.4 Å². The van der Waals surface area contributed by atoms with Crippen molar-refractivity contribution in [3.63, 3.8) is 0 Å². The fourth-order valence-electron chi connectivity index (χ4n) is 3.39. The van der Waals surface area contributed by atoms with E-state index >= 15 is 0 Å². The number of nitrogens with one attached hydrogen (secondary N) is 1. The van der Waals surface area contributed by atoms with Crippen LogP contribution in [0.5, 0.6) is 0 Å². The van der Waals surface area contributed by atoms with Gasteiger partial charge in [-0.2, -0.15) is 0 Å². The van der Waals surface area contributed by atoms with E-state index in [1.165, 1.54) is 0 Å². The molecular formula is C21H25N3O2. The Bertz CT molecular complexity index is 951. The van der Waals surface area contributed by atoms with Crippen LogP contribution in [-0.2, 0) is 11.3 Å². The number of likely N-dealkylation sites (N-methyl/N-ethyl adjacent to an activating group) is 1. The number of pyridine rings is 2. The van der Waals surface area contributed by atoms with E-state index in [0.717, 1.165) is 33.4 Å². The SMILES string of the molecule is COC[C@H](c1ccccn1)N(C)Cc1cc(=O)c2cc(C)cc(C)c2[nH]1. The number of rotatable bonds is 6. The maximum Gasteiger partial charge on any atom is 0.189 e. The minimum absolute atomic E-state index is 0.0134. The molecule has 5 nitrogen and oxygen atoms in total. The minimum Gasteiger partial charge on any atom is -0.383 e. The van der Waals surface area contributed by atoms with Crippen LogP contribution in [0.3, 0.4) is 0 Å². The first-order valence-corrected chi connectivity index (χ1v) is 8.73. The van der Waals surface area contributed by atoms with Crippen LogP contribution in [0, 0.1) is 13.8 Å². The van der Waals surface area contributed by atoms with Gasteiger partial charge in [0.2, 0.25) is 0 Å². The van der Waals surface area contributed by atoms with Crippen LogP contribution in [0.2, 0.25) is 0 Å². The highest BCUT2D eigenvalue weighted by atomic mass is 16.5. The molecule has 1 aromatic carbocycles. The maximum atomic E-state index is 12.6. The molecule has 0 amide bonds. The third-order valence-electron chi connectivity index (χ3n) is 4.64. The third kappa shape index (κ3) is 3.84. The molecule has 1 atom stereocenters. The first-order chi connectivity index (χ1) is 12.5. The van der Waals surface area contributed by atoms with Gasteiger partial charge in [-0.25, -0.2) is 0 Å². The number of hydrogen-bond acceptors (Lipinski definition) is 4. The number of fused-ring (bicyclic) bond motifs is 1. The zero-order valence-corrected chi connectivity index (χ0v) is 15.7. The molecule has 0 fully saturated rings. The summed E-state index contributed by atoms with van der Waals surface area (Å²) in [5.41, 5.74) is 4.98. The summed E-state index contributed by atoms with van der Waals surface area (Å²) in [7, 11) is 3.70. The van der Waals surface area contributed by atoms with E-state index in [2.05, 4.69) is 20.9 Å². The largest absolute Gasteiger partial charge is 0.383 e. The number of methoxy groups -OCH3 is 1. The number of hydrogen-bond donors (Lipinski definition) is 1. The zero-order valence-electron chi connectivity index (χ0n) is 15.7. The normalized spacial score (nSPS) is 12.7. The van der Waals surface area contributed by atoms with Crippen LogP contribution < -0.4 is 5.43 Å². The fourth-order valence-corrected chi connectivity index (χ4v) is 3.39. The molecule has 0 saturated heterocycles. The zero-order chi connectivity index (χ0) is 18.7. The highest BCUT2D eigenvalue weighted by Gasteiger charge is 2.19. The minimum atomic E-state index is 0.0134. The molecule has 1 N–H and O–H groups in total. The van der Waals surface area contributed by atoms with Crippen LogP contribution in [0.15, 0.2) is 47.4 Å². The number of aromatic nitrogens is 2. The highest BCUT2D eigenvalue weighted by Crippen LogP contribution is 2.21. The first kappa shape index (κ1) is 18.3. The molecule has 0 aliphatic rings. The van der Waals surface area contributed by atoms with Crippen LogP contribution in [-0.4, -0.2) is 35.6 Å². The van der Waals surface area contributed by atoms with Crippen molar-refractivity contribution in [3.8, 4) is 0 Å². The van der Waals surface area contributed by atoms with Crippen molar-refractivity contribution in [2.24, 2.45) is 0 Å². The number of nitrogens with zero attached hydrogens (tertiary/aromatic N) is 2. The van der Waals surface area contributed by atoms with Crippen molar-refractivity contribution in [3.05, 3.63) is 75.3 Å². The van der Waals surface area contributed by atoms with Gasteiger partial charge in [-0.1, -0.05) is 12.1 Å². The first-order valence-electron chi connectivity index (χ1n) is 8.73. The summed E-state index contributed by atoms with van der Waals surface area (Å²) in [5, 5.41) is 0.743. The van der Waals surface area contributed by atoms with Gasteiger partial charge in [0.05, 0.1) is 23.9 Å². The van der Waals surface area contributed by atoms with Crippen molar-refractivity contribution >= 4 is 10.9 Å². The summed E-state index contributed by atoms with van der Waals surface area (Å²) in [6, 6.07) is 11.6. The molecule has 3 aromatic rings.